The highest BCUT2D eigenvalue weighted by atomic mass is 32.1. The Morgan fingerprint density at radius 1 is 1.29 bits per heavy atom. The molecule has 1 amide bonds. The summed E-state index contributed by atoms with van der Waals surface area (Å²) in [5.41, 5.74) is 3.29. The van der Waals surface area contributed by atoms with Crippen molar-refractivity contribution in [1.29, 1.82) is 0 Å². The second kappa shape index (κ2) is 7.88. The van der Waals surface area contributed by atoms with Crippen molar-refractivity contribution in [2.75, 3.05) is 40.3 Å². The molecule has 0 saturated carbocycles. The van der Waals surface area contributed by atoms with Gasteiger partial charge in [-0.25, -0.2) is 4.98 Å². The van der Waals surface area contributed by atoms with Gasteiger partial charge in [0.2, 0.25) is 5.91 Å². The van der Waals surface area contributed by atoms with Crippen LogP contribution < -0.4 is 5.32 Å². The van der Waals surface area contributed by atoms with Crippen LogP contribution in [0.1, 0.15) is 11.3 Å². The third kappa shape index (κ3) is 4.41. The molecule has 1 N–H and O–H groups in total. The summed E-state index contributed by atoms with van der Waals surface area (Å²) in [6.45, 7) is 5.49. The van der Waals surface area contributed by atoms with Crippen molar-refractivity contribution in [2.24, 2.45) is 0 Å². The van der Waals surface area contributed by atoms with Crippen LogP contribution in [0.2, 0.25) is 0 Å². The average Bonchev–Trinajstić information content (AvgIpc) is 3.05. The zero-order valence-electron chi connectivity index (χ0n) is 14.3. The minimum absolute atomic E-state index is 0.00401. The Kier molecular flexibility index (Phi) is 5.60. The van der Waals surface area contributed by atoms with Crippen molar-refractivity contribution in [3.63, 3.8) is 0 Å². The van der Waals surface area contributed by atoms with Crippen molar-refractivity contribution >= 4 is 17.2 Å². The highest BCUT2D eigenvalue weighted by Gasteiger charge is 2.14. The smallest absolute Gasteiger partial charge is 0.225 e. The molecule has 1 fully saturated rings. The maximum Gasteiger partial charge on any atom is 0.225 e. The van der Waals surface area contributed by atoms with Gasteiger partial charge in [-0.15, -0.1) is 11.3 Å². The number of benzene rings is 1. The standard InChI is InChI=1S/C18H24N4OS/c1-19-17(23)11-16-13-24-18(20-16)15-5-3-4-14(10-15)12-22-8-6-21(2)7-9-22/h3-5,10,13H,6-9,11-12H2,1-2H3,(H,19,23). The monoisotopic (exact) mass is 344 g/mol. The second-order valence-electron chi connectivity index (χ2n) is 6.27. The van der Waals surface area contributed by atoms with Crippen LogP contribution in [-0.2, 0) is 17.8 Å². The van der Waals surface area contributed by atoms with Crippen LogP contribution in [0.25, 0.3) is 10.6 Å². The Balaban J connectivity index is 1.67. The molecule has 5 nitrogen and oxygen atoms in total. The summed E-state index contributed by atoms with van der Waals surface area (Å²) >= 11 is 1.60. The summed E-state index contributed by atoms with van der Waals surface area (Å²) in [5, 5.41) is 5.59. The molecule has 0 unspecified atom stereocenters. The van der Waals surface area contributed by atoms with E-state index in [1.54, 1.807) is 18.4 Å². The van der Waals surface area contributed by atoms with Crippen molar-refractivity contribution < 1.29 is 4.79 Å². The van der Waals surface area contributed by atoms with E-state index in [-0.39, 0.29) is 5.91 Å². The Morgan fingerprint density at radius 2 is 2.08 bits per heavy atom. The van der Waals surface area contributed by atoms with Gasteiger partial charge in [0.1, 0.15) is 5.01 Å². The number of nitrogens with one attached hydrogen (secondary N) is 1. The number of hydrogen-bond donors (Lipinski definition) is 1. The van der Waals surface area contributed by atoms with Crippen molar-refractivity contribution in [1.82, 2.24) is 20.1 Å². The summed E-state index contributed by atoms with van der Waals surface area (Å²) in [6, 6.07) is 8.60. The lowest BCUT2D eigenvalue weighted by Crippen LogP contribution is -2.43. The predicted octanol–water partition coefficient (Wildman–Crippen LogP) is 1.85. The van der Waals surface area contributed by atoms with Gasteiger partial charge in [-0.1, -0.05) is 18.2 Å². The Morgan fingerprint density at radius 3 is 2.83 bits per heavy atom. The Hall–Kier alpha value is -1.76. The molecule has 0 atom stereocenters. The molecule has 1 aliphatic rings. The molecule has 0 aliphatic carbocycles. The van der Waals surface area contributed by atoms with E-state index in [0.717, 1.165) is 49.0 Å². The third-order valence-corrected chi connectivity index (χ3v) is 5.29. The number of nitrogens with zero attached hydrogens (tertiary/aromatic N) is 3. The first-order chi connectivity index (χ1) is 11.6. The van der Waals surface area contributed by atoms with E-state index in [1.165, 1.54) is 5.56 Å². The molecule has 0 bridgehead atoms. The molecule has 2 heterocycles. The van der Waals surface area contributed by atoms with Crippen molar-refractivity contribution in [3.05, 3.63) is 40.9 Å². The molecule has 1 aromatic heterocycles. The quantitative estimate of drug-likeness (QED) is 0.899. The first-order valence-electron chi connectivity index (χ1n) is 8.29. The molecule has 2 aromatic rings. The van der Waals surface area contributed by atoms with Gasteiger partial charge in [0.15, 0.2) is 0 Å². The number of rotatable bonds is 5. The molecule has 128 valence electrons. The largest absolute Gasteiger partial charge is 0.359 e. The highest BCUT2D eigenvalue weighted by Crippen LogP contribution is 2.25. The number of aromatic nitrogens is 1. The minimum atomic E-state index is -0.00401. The molecule has 1 saturated heterocycles. The number of likely N-dealkylation sites (N-methyl/N-ethyl adjacent to an activating group) is 2. The van der Waals surface area contributed by atoms with Crippen LogP contribution in [0.15, 0.2) is 29.6 Å². The molecule has 0 radical (unpaired) electrons. The van der Waals surface area contributed by atoms with Gasteiger partial charge in [-0.2, -0.15) is 0 Å². The van der Waals surface area contributed by atoms with Crippen molar-refractivity contribution in [2.45, 2.75) is 13.0 Å². The van der Waals surface area contributed by atoms with Crippen LogP contribution in [0.5, 0.6) is 0 Å². The SMILES string of the molecule is CNC(=O)Cc1csc(-c2cccc(CN3CCN(C)CC3)c2)n1. The second-order valence-corrected chi connectivity index (χ2v) is 7.13. The zero-order chi connectivity index (χ0) is 16.9. The molecule has 6 heteroatoms. The number of carbonyl (C=O) groups excluding carboxylic acids is 1. The summed E-state index contributed by atoms with van der Waals surface area (Å²) in [6.07, 6.45) is 0.341. The maximum atomic E-state index is 11.5. The van der Waals surface area contributed by atoms with Gasteiger partial charge in [-0.3, -0.25) is 9.69 Å². The predicted molar refractivity (Wildman–Crippen MR) is 98.1 cm³/mol. The number of carbonyl (C=O) groups is 1. The van der Waals surface area contributed by atoms with E-state index in [2.05, 4.69) is 51.4 Å². The molecule has 1 aliphatic heterocycles. The van der Waals surface area contributed by atoms with E-state index in [1.807, 2.05) is 5.38 Å². The lowest BCUT2D eigenvalue weighted by molar-refractivity contribution is -0.120. The average molecular weight is 344 g/mol. The van der Waals surface area contributed by atoms with Crippen molar-refractivity contribution in [3.8, 4) is 10.6 Å². The molecular formula is C18H24N4OS. The number of amides is 1. The Bertz CT molecular complexity index is 692. The van der Waals surface area contributed by atoms with Gasteiger partial charge in [-0.05, 0) is 18.7 Å². The van der Waals surface area contributed by atoms with Gasteiger partial charge in [0.25, 0.3) is 0 Å². The van der Waals surface area contributed by atoms with E-state index in [0.29, 0.717) is 6.42 Å². The van der Waals surface area contributed by atoms with Gasteiger partial charge in [0.05, 0.1) is 12.1 Å². The summed E-state index contributed by atoms with van der Waals surface area (Å²) in [4.78, 5) is 20.9. The van der Waals surface area contributed by atoms with E-state index in [9.17, 15) is 4.79 Å². The summed E-state index contributed by atoms with van der Waals surface area (Å²) in [7, 11) is 3.83. The molecule has 0 spiro atoms. The van der Waals surface area contributed by atoms with Crippen LogP contribution >= 0.6 is 11.3 Å². The molecule has 1 aromatic carbocycles. The van der Waals surface area contributed by atoms with Gasteiger partial charge < -0.3 is 10.2 Å². The first kappa shape index (κ1) is 17.1. The molecule has 3 rings (SSSR count). The normalized spacial score (nSPS) is 16.2. The third-order valence-electron chi connectivity index (χ3n) is 4.35. The first-order valence-corrected chi connectivity index (χ1v) is 9.17. The lowest BCUT2D eigenvalue weighted by Gasteiger charge is -2.32. The molecular weight excluding hydrogens is 320 g/mol. The van der Waals surface area contributed by atoms with Crippen LogP contribution in [0.4, 0.5) is 0 Å². The summed E-state index contributed by atoms with van der Waals surface area (Å²) < 4.78 is 0. The van der Waals surface area contributed by atoms with Crippen LogP contribution in [0, 0.1) is 0 Å². The number of piperazine rings is 1. The molecule has 24 heavy (non-hydrogen) atoms. The fourth-order valence-corrected chi connectivity index (χ4v) is 3.66. The zero-order valence-corrected chi connectivity index (χ0v) is 15.1. The lowest BCUT2D eigenvalue weighted by atomic mass is 10.1. The minimum Gasteiger partial charge on any atom is -0.359 e. The Labute approximate surface area is 147 Å². The number of thiazole rings is 1. The van der Waals surface area contributed by atoms with Crippen LogP contribution in [-0.4, -0.2) is 61.0 Å². The fourth-order valence-electron chi connectivity index (χ4n) is 2.84. The van der Waals surface area contributed by atoms with E-state index < -0.39 is 0 Å². The van der Waals surface area contributed by atoms with Crippen LogP contribution in [0.3, 0.4) is 0 Å². The maximum absolute atomic E-state index is 11.5. The van der Waals surface area contributed by atoms with E-state index >= 15 is 0 Å². The number of hydrogen-bond acceptors (Lipinski definition) is 5. The highest BCUT2D eigenvalue weighted by molar-refractivity contribution is 7.13. The van der Waals surface area contributed by atoms with Gasteiger partial charge >= 0.3 is 0 Å². The fraction of sp³-hybridized carbons (Fsp3) is 0.444. The topological polar surface area (TPSA) is 48.5 Å². The van der Waals surface area contributed by atoms with Gasteiger partial charge in [0, 0.05) is 50.7 Å². The summed E-state index contributed by atoms with van der Waals surface area (Å²) in [5.74, 6) is -0.00401. The van der Waals surface area contributed by atoms with E-state index in [4.69, 9.17) is 0 Å².